The Bertz CT molecular complexity index is 354. The van der Waals surface area contributed by atoms with Crippen molar-refractivity contribution in [3.8, 4) is 0 Å². The van der Waals surface area contributed by atoms with E-state index < -0.39 is 45.5 Å². The lowest BCUT2D eigenvalue weighted by Crippen LogP contribution is -2.59. The molecule has 2 unspecified atom stereocenters. The van der Waals surface area contributed by atoms with Gasteiger partial charge in [0.25, 0.3) is 0 Å². The van der Waals surface area contributed by atoms with Crippen LogP contribution in [0.1, 0.15) is 13.3 Å². The summed E-state index contributed by atoms with van der Waals surface area (Å²) in [4.78, 5) is 0. The highest BCUT2D eigenvalue weighted by Gasteiger charge is 2.75. The molecule has 12 heteroatoms. The summed E-state index contributed by atoms with van der Waals surface area (Å²) >= 11 is 0. The molecule has 126 valence electrons. The Kier molecular flexibility index (Phi) is 5.79. The first-order valence-electron chi connectivity index (χ1n) is 5.56. The van der Waals surface area contributed by atoms with Gasteiger partial charge in [0.15, 0.2) is 0 Å². The van der Waals surface area contributed by atoms with Gasteiger partial charge in [-0.1, -0.05) is 0 Å². The molecular formula is C9H11F8O3P. The van der Waals surface area contributed by atoms with Gasteiger partial charge >= 0.3 is 32.8 Å². The zero-order chi connectivity index (χ0) is 16.5. The van der Waals surface area contributed by atoms with E-state index in [1.807, 2.05) is 0 Å². The standard InChI is InChI=1S/C9H11F8O3P/c1-5-2-3-18-21(20-5)19-4-7(12,13)9(16,17)8(14,15)6(10)11/h5-6H,2-4H2,1H3. The van der Waals surface area contributed by atoms with Crippen molar-refractivity contribution in [2.24, 2.45) is 0 Å². The minimum atomic E-state index is -6.29. The molecule has 0 bridgehead atoms. The molecule has 21 heavy (non-hydrogen) atoms. The molecule has 0 saturated carbocycles. The maximum absolute atomic E-state index is 13.1. The fourth-order valence-electron chi connectivity index (χ4n) is 1.20. The lowest BCUT2D eigenvalue weighted by Gasteiger charge is -2.33. The smallest absolute Gasteiger partial charge is 0.312 e. The summed E-state index contributed by atoms with van der Waals surface area (Å²) < 4.78 is 115. The summed E-state index contributed by atoms with van der Waals surface area (Å²) in [7, 11) is -2.42. The van der Waals surface area contributed by atoms with Crippen molar-refractivity contribution in [3.63, 3.8) is 0 Å². The van der Waals surface area contributed by atoms with E-state index in [4.69, 9.17) is 9.05 Å². The molecule has 1 rings (SSSR count). The van der Waals surface area contributed by atoms with Crippen LogP contribution in [0.5, 0.6) is 0 Å². The van der Waals surface area contributed by atoms with Gasteiger partial charge in [-0.15, -0.1) is 0 Å². The van der Waals surface area contributed by atoms with Crippen LogP contribution in [-0.4, -0.2) is 43.5 Å². The van der Waals surface area contributed by atoms with Crippen LogP contribution < -0.4 is 0 Å². The predicted octanol–water partition coefficient (Wildman–Crippen LogP) is 4.23. The number of alkyl halides is 8. The number of halogens is 8. The maximum Gasteiger partial charge on any atom is 0.380 e. The summed E-state index contributed by atoms with van der Waals surface area (Å²) in [5.41, 5.74) is 0. The van der Waals surface area contributed by atoms with Crippen molar-refractivity contribution in [2.75, 3.05) is 13.2 Å². The van der Waals surface area contributed by atoms with Gasteiger partial charge < -0.3 is 13.6 Å². The van der Waals surface area contributed by atoms with Crippen molar-refractivity contribution in [3.05, 3.63) is 0 Å². The molecule has 1 aliphatic rings. The molecule has 1 fully saturated rings. The van der Waals surface area contributed by atoms with Crippen LogP contribution in [0, 0.1) is 0 Å². The second-order valence-electron chi connectivity index (χ2n) is 4.24. The molecule has 0 radical (unpaired) electrons. The fraction of sp³-hybridized carbons (Fsp3) is 1.00. The highest BCUT2D eigenvalue weighted by Crippen LogP contribution is 2.51. The van der Waals surface area contributed by atoms with Gasteiger partial charge in [-0.25, -0.2) is 8.78 Å². The molecule has 0 aromatic heterocycles. The van der Waals surface area contributed by atoms with Gasteiger partial charge in [0.1, 0.15) is 6.61 Å². The molecule has 0 amide bonds. The van der Waals surface area contributed by atoms with Crippen molar-refractivity contribution >= 4 is 8.60 Å². The summed E-state index contributed by atoms with van der Waals surface area (Å²) in [5, 5.41) is 0. The molecule has 1 saturated heterocycles. The quantitative estimate of drug-likeness (QED) is 0.530. The van der Waals surface area contributed by atoms with Crippen LogP contribution in [0.2, 0.25) is 0 Å². The van der Waals surface area contributed by atoms with Crippen LogP contribution in [0.15, 0.2) is 0 Å². The number of rotatable bonds is 6. The van der Waals surface area contributed by atoms with Crippen molar-refractivity contribution in [2.45, 2.75) is 43.6 Å². The molecular weight excluding hydrogens is 339 g/mol. The molecule has 0 aliphatic carbocycles. The highest BCUT2D eigenvalue weighted by molar-refractivity contribution is 7.41. The maximum atomic E-state index is 13.1. The largest absolute Gasteiger partial charge is 0.380 e. The van der Waals surface area contributed by atoms with Gasteiger partial charge in [0.05, 0.1) is 12.7 Å². The van der Waals surface area contributed by atoms with E-state index >= 15 is 0 Å². The second kappa shape index (κ2) is 6.47. The third kappa shape index (κ3) is 3.94. The average molecular weight is 350 g/mol. The Hall–Kier alpha value is -0.250. The van der Waals surface area contributed by atoms with Crippen LogP contribution >= 0.6 is 8.60 Å². The topological polar surface area (TPSA) is 27.7 Å². The van der Waals surface area contributed by atoms with Crippen LogP contribution in [0.3, 0.4) is 0 Å². The van der Waals surface area contributed by atoms with Crippen molar-refractivity contribution in [1.29, 1.82) is 0 Å². The third-order valence-electron chi connectivity index (χ3n) is 2.49. The summed E-state index contributed by atoms with van der Waals surface area (Å²) in [6.07, 6.45) is -5.01. The normalized spacial score (nSPS) is 25.4. The van der Waals surface area contributed by atoms with Gasteiger partial charge in [-0.2, -0.15) is 26.3 Å². The average Bonchev–Trinajstić information content (AvgIpc) is 2.36. The summed E-state index contributed by atoms with van der Waals surface area (Å²) in [5.74, 6) is -18.0. The van der Waals surface area contributed by atoms with E-state index in [0.717, 1.165) is 0 Å². The molecule has 0 spiro atoms. The Morgan fingerprint density at radius 3 is 2.24 bits per heavy atom. The van der Waals surface area contributed by atoms with Gasteiger partial charge in [-0.05, 0) is 13.3 Å². The first-order chi connectivity index (χ1) is 9.42. The van der Waals surface area contributed by atoms with Crippen LogP contribution in [0.4, 0.5) is 35.1 Å². The third-order valence-corrected chi connectivity index (χ3v) is 3.76. The monoisotopic (exact) mass is 350 g/mol. The first-order valence-corrected chi connectivity index (χ1v) is 6.65. The van der Waals surface area contributed by atoms with Gasteiger partial charge in [0, 0.05) is 0 Å². The summed E-state index contributed by atoms with van der Waals surface area (Å²) in [6.45, 7) is -0.665. The van der Waals surface area contributed by atoms with E-state index in [0.29, 0.717) is 6.42 Å². The molecule has 1 heterocycles. The predicted molar refractivity (Wildman–Crippen MR) is 54.8 cm³/mol. The first kappa shape index (κ1) is 18.8. The van der Waals surface area contributed by atoms with Gasteiger partial charge in [-0.3, -0.25) is 0 Å². The minimum Gasteiger partial charge on any atom is -0.312 e. The Morgan fingerprint density at radius 2 is 1.76 bits per heavy atom. The Labute approximate surface area is 115 Å². The lowest BCUT2D eigenvalue weighted by molar-refractivity contribution is -0.342. The van der Waals surface area contributed by atoms with E-state index in [-0.39, 0.29) is 6.61 Å². The zero-order valence-corrected chi connectivity index (χ0v) is 11.4. The molecule has 0 aromatic rings. The lowest BCUT2D eigenvalue weighted by atomic mass is 10.1. The summed E-state index contributed by atoms with van der Waals surface area (Å²) in [6, 6.07) is 0. The van der Waals surface area contributed by atoms with Gasteiger partial charge in [0.2, 0.25) is 0 Å². The minimum absolute atomic E-state index is 0.0437. The van der Waals surface area contributed by atoms with E-state index in [2.05, 4.69) is 4.52 Å². The van der Waals surface area contributed by atoms with E-state index in [1.165, 1.54) is 6.92 Å². The zero-order valence-electron chi connectivity index (χ0n) is 10.5. The Balaban J connectivity index is 2.71. The van der Waals surface area contributed by atoms with Crippen LogP contribution in [0.25, 0.3) is 0 Å². The molecule has 3 nitrogen and oxygen atoms in total. The Morgan fingerprint density at radius 1 is 1.19 bits per heavy atom. The number of hydrogen-bond acceptors (Lipinski definition) is 3. The fourth-order valence-corrected chi connectivity index (χ4v) is 2.31. The van der Waals surface area contributed by atoms with Crippen molar-refractivity contribution < 1.29 is 48.7 Å². The van der Waals surface area contributed by atoms with E-state index in [1.54, 1.807) is 0 Å². The van der Waals surface area contributed by atoms with E-state index in [9.17, 15) is 35.1 Å². The molecule has 1 aliphatic heterocycles. The molecule has 2 atom stereocenters. The second-order valence-corrected chi connectivity index (χ2v) is 5.41. The molecule has 0 aromatic carbocycles. The van der Waals surface area contributed by atoms with Crippen LogP contribution in [-0.2, 0) is 13.6 Å². The van der Waals surface area contributed by atoms with Crippen molar-refractivity contribution in [1.82, 2.24) is 0 Å². The SMILES string of the molecule is CC1CCOP(OCC(F)(F)C(F)(F)C(F)(F)C(F)F)O1. The highest BCUT2D eigenvalue weighted by atomic mass is 31.2. The number of hydrogen-bond donors (Lipinski definition) is 0. The molecule has 0 N–H and O–H groups in total.